The molecule has 0 radical (unpaired) electrons. The summed E-state index contributed by atoms with van der Waals surface area (Å²) >= 11 is 0. The van der Waals surface area contributed by atoms with E-state index >= 15 is 0 Å². The van der Waals surface area contributed by atoms with Crippen LogP contribution >= 0.6 is 0 Å². The zero-order valence-corrected chi connectivity index (χ0v) is 12.9. The van der Waals surface area contributed by atoms with Crippen LogP contribution in [0.3, 0.4) is 0 Å². The number of hydrazine groups is 1. The minimum absolute atomic E-state index is 0.0804. The predicted molar refractivity (Wildman–Crippen MR) is 77.5 cm³/mol. The van der Waals surface area contributed by atoms with Crippen LogP contribution in [-0.4, -0.2) is 63.4 Å². The Hall–Kier alpha value is -0.770. The van der Waals surface area contributed by atoms with Gasteiger partial charge >= 0.3 is 0 Å². The zero-order valence-electron chi connectivity index (χ0n) is 12.9. The minimum atomic E-state index is -1.51. The lowest BCUT2D eigenvalue weighted by atomic mass is 10.0. The van der Waals surface area contributed by atoms with E-state index < -0.39 is 30.6 Å². The van der Waals surface area contributed by atoms with Gasteiger partial charge in [0.2, 0.25) is 0 Å². The highest BCUT2D eigenvalue weighted by atomic mass is 16.5. The second-order valence-electron chi connectivity index (χ2n) is 5.94. The Labute approximate surface area is 125 Å². The van der Waals surface area contributed by atoms with E-state index in [1.54, 1.807) is 6.92 Å². The number of nitrogens with zero attached hydrogens (tertiary/aromatic N) is 1. The van der Waals surface area contributed by atoms with Gasteiger partial charge < -0.3 is 21.1 Å². The third-order valence-corrected chi connectivity index (χ3v) is 3.77. The molecule has 7 N–H and O–H groups in total. The van der Waals surface area contributed by atoms with Crippen LogP contribution in [0.25, 0.3) is 0 Å². The molecule has 1 saturated heterocycles. The molecule has 0 saturated carbocycles. The molecular formula is C13H28N4O4. The Morgan fingerprint density at radius 3 is 2.48 bits per heavy atom. The number of amides is 1. The monoisotopic (exact) mass is 304 g/mol. The Balaban J connectivity index is 2.53. The average molecular weight is 304 g/mol. The quantitative estimate of drug-likeness (QED) is 0.315. The van der Waals surface area contributed by atoms with E-state index in [0.717, 1.165) is 0 Å². The molecule has 0 aliphatic carbocycles. The van der Waals surface area contributed by atoms with E-state index in [9.17, 15) is 20.1 Å². The summed E-state index contributed by atoms with van der Waals surface area (Å²) in [5.41, 5.74) is 8.62. The zero-order chi connectivity index (χ0) is 16.2. The van der Waals surface area contributed by atoms with Gasteiger partial charge in [-0.05, 0) is 25.7 Å². The summed E-state index contributed by atoms with van der Waals surface area (Å²) in [6.45, 7) is 5.91. The van der Waals surface area contributed by atoms with Gasteiger partial charge in [-0.3, -0.25) is 15.1 Å². The number of aliphatic hydroxyl groups excluding tert-OH is 2. The molecule has 124 valence electrons. The first-order valence-corrected chi connectivity index (χ1v) is 7.37. The maximum Gasteiger partial charge on any atom is 0.253 e. The molecule has 1 heterocycles. The van der Waals surface area contributed by atoms with Crippen molar-refractivity contribution in [1.29, 1.82) is 0 Å². The van der Waals surface area contributed by atoms with Gasteiger partial charge in [-0.25, -0.2) is 5.43 Å². The van der Waals surface area contributed by atoms with Gasteiger partial charge in [0.1, 0.15) is 6.23 Å². The fourth-order valence-electron chi connectivity index (χ4n) is 2.23. The van der Waals surface area contributed by atoms with E-state index in [1.807, 2.05) is 13.8 Å². The van der Waals surface area contributed by atoms with Gasteiger partial charge in [0.05, 0.1) is 12.1 Å². The van der Waals surface area contributed by atoms with Crippen molar-refractivity contribution in [3.05, 3.63) is 0 Å². The second-order valence-corrected chi connectivity index (χ2v) is 5.94. The van der Waals surface area contributed by atoms with Crippen LogP contribution in [0, 0.1) is 5.92 Å². The Morgan fingerprint density at radius 2 is 1.95 bits per heavy atom. The Kier molecular flexibility index (Phi) is 6.98. The molecule has 4 unspecified atom stereocenters. The van der Waals surface area contributed by atoms with Crippen molar-refractivity contribution in [2.75, 3.05) is 6.54 Å². The van der Waals surface area contributed by atoms with Crippen LogP contribution in [0.4, 0.5) is 0 Å². The molecule has 1 aliphatic rings. The van der Waals surface area contributed by atoms with E-state index in [4.69, 9.17) is 5.73 Å². The van der Waals surface area contributed by atoms with E-state index in [2.05, 4.69) is 10.7 Å². The molecular weight excluding hydrogens is 276 g/mol. The summed E-state index contributed by atoms with van der Waals surface area (Å²) in [5, 5.41) is 32.4. The van der Waals surface area contributed by atoms with E-state index in [-0.39, 0.29) is 11.8 Å². The van der Waals surface area contributed by atoms with Gasteiger partial charge in [-0.2, -0.15) is 0 Å². The van der Waals surface area contributed by atoms with Crippen molar-refractivity contribution in [2.24, 2.45) is 11.7 Å². The third-order valence-electron chi connectivity index (χ3n) is 3.77. The highest BCUT2D eigenvalue weighted by Gasteiger charge is 2.30. The summed E-state index contributed by atoms with van der Waals surface area (Å²) in [6.07, 6.45) is -1.22. The molecule has 8 heteroatoms. The largest absolute Gasteiger partial charge is 0.377 e. The van der Waals surface area contributed by atoms with Gasteiger partial charge in [0.25, 0.3) is 5.91 Å². The van der Waals surface area contributed by atoms with Crippen molar-refractivity contribution < 1.29 is 20.1 Å². The highest BCUT2D eigenvalue weighted by molar-refractivity contribution is 5.81. The number of hydrogen-bond donors (Lipinski definition) is 6. The predicted octanol–water partition coefficient (Wildman–Crippen LogP) is -1.93. The number of rotatable bonds is 6. The molecule has 1 rings (SSSR count). The van der Waals surface area contributed by atoms with Crippen LogP contribution in [-0.2, 0) is 4.79 Å². The molecule has 0 aromatic heterocycles. The van der Waals surface area contributed by atoms with Crippen molar-refractivity contribution >= 4 is 5.91 Å². The first-order valence-electron chi connectivity index (χ1n) is 7.37. The third kappa shape index (κ3) is 5.17. The summed E-state index contributed by atoms with van der Waals surface area (Å²) in [7, 11) is 0. The number of carbonyl (C=O) groups excluding carboxylic acids is 1. The maximum absolute atomic E-state index is 12.3. The smallest absolute Gasteiger partial charge is 0.253 e. The fraction of sp³-hybridized carbons (Fsp3) is 0.923. The van der Waals surface area contributed by atoms with E-state index in [1.165, 1.54) is 5.01 Å². The molecule has 0 aromatic rings. The lowest BCUT2D eigenvalue weighted by Crippen LogP contribution is -2.61. The number of aliphatic hydroxyl groups is 3. The molecule has 0 aromatic carbocycles. The minimum Gasteiger partial charge on any atom is -0.377 e. The Bertz CT molecular complexity index is 340. The summed E-state index contributed by atoms with van der Waals surface area (Å²) < 4.78 is 0. The molecule has 1 aliphatic heterocycles. The lowest BCUT2D eigenvalue weighted by Gasteiger charge is -2.36. The number of hydrogen-bond acceptors (Lipinski definition) is 7. The number of nitrogens with two attached hydrogens (primary N) is 1. The first-order chi connectivity index (χ1) is 9.73. The van der Waals surface area contributed by atoms with Crippen LogP contribution < -0.4 is 16.5 Å². The Morgan fingerprint density at radius 1 is 1.33 bits per heavy atom. The van der Waals surface area contributed by atoms with Crippen LogP contribution in [0.2, 0.25) is 0 Å². The fourth-order valence-corrected chi connectivity index (χ4v) is 2.23. The molecule has 0 bridgehead atoms. The summed E-state index contributed by atoms with van der Waals surface area (Å²) in [6, 6.07) is -1.66. The van der Waals surface area contributed by atoms with Crippen LogP contribution in [0.1, 0.15) is 33.6 Å². The summed E-state index contributed by atoms with van der Waals surface area (Å²) in [5.74, 6) is -0.188. The topological polar surface area (TPSA) is 131 Å². The van der Waals surface area contributed by atoms with Crippen LogP contribution in [0.15, 0.2) is 0 Å². The standard InChI is InChI=1S/C13H28N4O4/c1-7(2)10(14)11(18)15-8(3)12(19)17-6-4-5-9(16-17)13(20)21/h7-11,13,15-16,18,20-21H,4-6,14H2,1-3H3. The molecule has 21 heavy (non-hydrogen) atoms. The number of nitrogens with one attached hydrogen (secondary N) is 2. The second kappa shape index (κ2) is 8.02. The normalized spacial score (nSPS) is 24.2. The van der Waals surface area contributed by atoms with Gasteiger partial charge in [0.15, 0.2) is 6.29 Å². The van der Waals surface area contributed by atoms with Gasteiger partial charge in [-0.1, -0.05) is 13.8 Å². The van der Waals surface area contributed by atoms with Crippen molar-refractivity contribution in [1.82, 2.24) is 15.8 Å². The summed E-state index contributed by atoms with van der Waals surface area (Å²) in [4.78, 5) is 12.3. The maximum atomic E-state index is 12.3. The molecule has 8 nitrogen and oxygen atoms in total. The molecule has 0 spiro atoms. The van der Waals surface area contributed by atoms with Crippen LogP contribution in [0.5, 0.6) is 0 Å². The molecule has 1 amide bonds. The van der Waals surface area contributed by atoms with Crippen molar-refractivity contribution in [3.63, 3.8) is 0 Å². The van der Waals surface area contributed by atoms with Gasteiger partial charge in [-0.15, -0.1) is 0 Å². The first kappa shape index (κ1) is 18.3. The van der Waals surface area contributed by atoms with Gasteiger partial charge in [0, 0.05) is 12.6 Å². The van der Waals surface area contributed by atoms with Crippen molar-refractivity contribution in [2.45, 2.75) is 64.3 Å². The SMILES string of the molecule is CC(NC(O)C(N)C(C)C)C(=O)N1CCCC(C(O)O)N1. The van der Waals surface area contributed by atoms with Crippen molar-refractivity contribution in [3.8, 4) is 0 Å². The van der Waals surface area contributed by atoms with E-state index in [0.29, 0.717) is 19.4 Å². The number of carbonyl (C=O) groups is 1. The highest BCUT2D eigenvalue weighted by Crippen LogP contribution is 2.11. The molecule has 4 atom stereocenters. The average Bonchev–Trinajstić information content (AvgIpc) is 2.45. The lowest BCUT2D eigenvalue weighted by molar-refractivity contribution is -0.146. The molecule has 1 fully saturated rings.